The molecule has 8 heteroatoms. The van der Waals surface area contributed by atoms with Gasteiger partial charge in [0.1, 0.15) is 6.54 Å². The summed E-state index contributed by atoms with van der Waals surface area (Å²) in [6, 6.07) is 0. The van der Waals surface area contributed by atoms with Crippen LogP contribution < -0.4 is 5.32 Å². The van der Waals surface area contributed by atoms with E-state index in [4.69, 9.17) is 4.74 Å². The van der Waals surface area contributed by atoms with Crippen LogP contribution in [0.5, 0.6) is 0 Å². The molecular weight excluding hydrogens is 277 g/mol. The average Bonchev–Trinajstić information content (AvgIpc) is 2.35. The van der Waals surface area contributed by atoms with E-state index < -0.39 is 30.7 Å². The normalized spacial score (nSPS) is 22.6. The van der Waals surface area contributed by atoms with Crippen molar-refractivity contribution in [1.29, 1.82) is 0 Å². The molecule has 0 aromatic carbocycles. The average molecular weight is 298 g/mol. The van der Waals surface area contributed by atoms with E-state index in [0.29, 0.717) is 19.5 Å². The van der Waals surface area contributed by atoms with Crippen LogP contribution in [-0.4, -0.2) is 68.1 Å². The predicted molar refractivity (Wildman–Crippen MR) is 66.1 cm³/mol. The lowest BCUT2D eigenvalue weighted by Crippen LogP contribution is -2.47. The molecule has 0 aromatic rings. The number of carbonyl (C=O) groups is 1. The topological polar surface area (TPSA) is 61.8 Å². The number of carbonyl (C=O) groups excluding carboxylic acids is 1. The van der Waals surface area contributed by atoms with E-state index in [1.54, 1.807) is 0 Å². The highest BCUT2D eigenvalue weighted by atomic mass is 19.4. The van der Waals surface area contributed by atoms with E-state index in [2.05, 4.69) is 0 Å². The second kappa shape index (κ2) is 7.80. The molecule has 1 aliphatic heterocycles. The summed E-state index contributed by atoms with van der Waals surface area (Å²) in [5.74, 6) is -1.03. The van der Waals surface area contributed by atoms with E-state index in [0.717, 1.165) is 13.0 Å². The van der Waals surface area contributed by atoms with Gasteiger partial charge in [0.15, 0.2) is 0 Å². The van der Waals surface area contributed by atoms with Crippen molar-refractivity contribution >= 4 is 5.91 Å². The number of ether oxygens (including phenoxy) is 1. The first-order chi connectivity index (χ1) is 9.31. The Morgan fingerprint density at radius 2 is 2.25 bits per heavy atom. The summed E-state index contributed by atoms with van der Waals surface area (Å²) in [4.78, 5) is 13.6. The smallest absolute Gasteiger partial charge is 0.389 e. The number of hydrogen-bond donors (Lipinski definition) is 2. The third-order valence-electron chi connectivity index (χ3n) is 3.17. The molecule has 1 heterocycles. The number of alkyl halides is 3. The molecule has 0 saturated carbocycles. The molecule has 0 bridgehead atoms. The van der Waals surface area contributed by atoms with Crippen LogP contribution in [0.1, 0.15) is 12.8 Å². The lowest BCUT2D eigenvalue weighted by atomic mass is 9.97. The van der Waals surface area contributed by atoms with E-state index in [1.807, 2.05) is 10.2 Å². The van der Waals surface area contributed by atoms with Gasteiger partial charge in [0.2, 0.25) is 5.91 Å². The zero-order valence-electron chi connectivity index (χ0n) is 11.4. The minimum atomic E-state index is -4.39. The van der Waals surface area contributed by atoms with Gasteiger partial charge in [0.05, 0.1) is 18.6 Å². The molecule has 0 unspecified atom stereocenters. The van der Waals surface area contributed by atoms with Gasteiger partial charge >= 0.3 is 6.18 Å². The first-order valence-electron chi connectivity index (χ1n) is 6.55. The maximum absolute atomic E-state index is 12.0. The number of aliphatic hydroxyl groups excluding tert-OH is 1. The molecule has 20 heavy (non-hydrogen) atoms. The van der Waals surface area contributed by atoms with Crippen LogP contribution in [0.25, 0.3) is 0 Å². The maximum atomic E-state index is 12.0. The molecule has 1 fully saturated rings. The fourth-order valence-corrected chi connectivity index (χ4v) is 2.31. The summed E-state index contributed by atoms with van der Waals surface area (Å²) < 4.78 is 40.9. The van der Waals surface area contributed by atoms with Crippen LogP contribution >= 0.6 is 0 Å². The number of piperidine rings is 1. The van der Waals surface area contributed by atoms with Crippen LogP contribution in [0, 0.1) is 5.92 Å². The number of β-amino-alcohol motifs (C(OH)–C–C–N with tert-alkyl or cyclic N) is 1. The maximum Gasteiger partial charge on any atom is 0.405 e. The Balaban J connectivity index is 2.38. The summed E-state index contributed by atoms with van der Waals surface area (Å²) in [6.45, 7) is 0.348. The molecule has 118 valence electrons. The molecular formula is C12H21F3N2O3. The Hall–Kier alpha value is -0.860. The molecule has 5 nitrogen and oxygen atoms in total. The number of amides is 1. The molecule has 0 aliphatic carbocycles. The van der Waals surface area contributed by atoms with E-state index in [9.17, 15) is 23.1 Å². The first kappa shape index (κ1) is 17.2. The SMILES string of the molecule is COC[C@H](O)CN1CCC[C@@H](C(=O)NCC(F)(F)F)C1. The summed E-state index contributed by atoms with van der Waals surface area (Å²) >= 11 is 0. The molecule has 1 aliphatic rings. The van der Waals surface area contributed by atoms with Crippen LogP contribution in [0.15, 0.2) is 0 Å². The van der Waals surface area contributed by atoms with Crippen molar-refractivity contribution in [3.8, 4) is 0 Å². The van der Waals surface area contributed by atoms with Gasteiger partial charge in [-0.1, -0.05) is 0 Å². The minimum absolute atomic E-state index is 0.196. The summed E-state index contributed by atoms with van der Waals surface area (Å²) in [7, 11) is 1.48. The fraction of sp³-hybridized carbons (Fsp3) is 0.917. The lowest BCUT2D eigenvalue weighted by Gasteiger charge is -2.33. The molecule has 1 amide bonds. The number of halogens is 3. The van der Waals surface area contributed by atoms with Crippen molar-refractivity contribution in [1.82, 2.24) is 10.2 Å². The quantitative estimate of drug-likeness (QED) is 0.744. The molecule has 2 N–H and O–H groups in total. The molecule has 0 spiro atoms. The van der Waals surface area contributed by atoms with Gasteiger partial charge in [-0.3, -0.25) is 9.69 Å². The Kier molecular flexibility index (Phi) is 6.70. The Morgan fingerprint density at radius 1 is 1.55 bits per heavy atom. The monoisotopic (exact) mass is 298 g/mol. The van der Waals surface area contributed by atoms with Gasteiger partial charge < -0.3 is 15.2 Å². The summed E-state index contributed by atoms with van der Waals surface area (Å²) in [5.41, 5.74) is 0. The van der Waals surface area contributed by atoms with Crippen LogP contribution in [0.2, 0.25) is 0 Å². The van der Waals surface area contributed by atoms with Gasteiger partial charge in [0, 0.05) is 20.2 Å². The van der Waals surface area contributed by atoms with Crippen LogP contribution in [0.3, 0.4) is 0 Å². The third-order valence-corrected chi connectivity index (χ3v) is 3.17. The van der Waals surface area contributed by atoms with Crippen molar-refractivity contribution in [3.63, 3.8) is 0 Å². The van der Waals surface area contributed by atoms with Gasteiger partial charge in [-0.2, -0.15) is 13.2 Å². The van der Waals surface area contributed by atoms with Gasteiger partial charge in [0.25, 0.3) is 0 Å². The highest BCUT2D eigenvalue weighted by Gasteiger charge is 2.31. The fourth-order valence-electron chi connectivity index (χ4n) is 2.31. The molecule has 1 saturated heterocycles. The Bertz CT molecular complexity index is 313. The summed E-state index contributed by atoms with van der Waals surface area (Å²) in [5, 5.41) is 11.5. The second-order valence-corrected chi connectivity index (χ2v) is 5.04. The van der Waals surface area contributed by atoms with Crippen molar-refractivity contribution in [2.45, 2.75) is 25.1 Å². The Labute approximate surface area is 116 Å². The van der Waals surface area contributed by atoms with Crippen LogP contribution in [0.4, 0.5) is 13.2 Å². The minimum Gasteiger partial charge on any atom is -0.389 e. The number of methoxy groups -OCH3 is 1. The van der Waals surface area contributed by atoms with E-state index >= 15 is 0 Å². The second-order valence-electron chi connectivity index (χ2n) is 5.04. The zero-order chi connectivity index (χ0) is 15.2. The van der Waals surface area contributed by atoms with Crippen molar-refractivity contribution in [3.05, 3.63) is 0 Å². The van der Waals surface area contributed by atoms with Gasteiger partial charge in [-0.05, 0) is 19.4 Å². The number of hydrogen-bond acceptors (Lipinski definition) is 4. The van der Waals surface area contributed by atoms with Gasteiger partial charge in [-0.15, -0.1) is 0 Å². The van der Waals surface area contributed by atoms with Crippen molar-refractivity contribution in [2.24, 2.45) is 5.92 Å². The molecule has 0 radical (unpaired) electrons. The summed E-state index contributed by atoms with van der Waals surface area (Å²) in [6.07, 6.45) is -3.75. The highest BCUT2D eigenvalue weighted by Crippen LogP contribution is 2.18. The third kappa shape index (κ3) is 6.53. The number of aliphatic hydroxyl groups is 1. The Morgan fingerprint density at radius 3 is 2.85 bits per heavy atom. The number of likely N-dealkylation sites (tertiary alicyclic amines) is 1. The van der Waals surface area contributed by atoms with Crippen LogP contribution in [-0.2, 0) is 9.53 Å². The molecule has 2 atom stereocenters. The number of nitrogens with one attached hydrogen (secondary N) is 1. The number of nitrogens with zero attached hydrogens (tertiary/aromatic N) is 1. The predicted octanol–water partition coefficient (Wildman–Crippen LogP) is 0.384. The molecule has 1 rings (SSSR count). The molecule has 0 aromatic heterocycles. The van der Waals surface area contributed by atoms with Crippen molar-refractivity contribution in [2.75, 3.05) is 39.9 Å². The highest BCUT2D eigenvalue weighted by molar-refractivity contribution is 5.79. The van der Waals surface area contributed by atoms with E-state index in [-0.39, 0.29) is 6.61 Å². The lowest BCUT2D eigenvalue weighted by molar-refractivity contribution is -0.142. The standard InChI is InChI=1S/C12H21F3N2O3/c1-20-7-10(18)6-17-4-2-3-9(5-17)11(19)16-8-12(13,14)15/h9-10,18H,2-8H2,1H3,(H,16,19)/t9-,10-/m1/s1. The largest absolute Gasteiger partial charge is 0.405 e. The van der Waals surface area contributed by atoms with Gasteiger partial charge in [-0.25, -0.2) is 0 Å². The van der Waals surface area contributed by atoms with Crippen molar-refractivity contribution < 1.29 is 27.8 Å². The zero-order valence-corrected chi connectivity index (χ0v) is 11.4. The first-order valence-corrected chi connectivity index (χ1v) is 6.55. The van der Waals surface area contributed by atoms with E-state index in [1.165, 1.54) is 7.11 Å². The number of rotatable bonds is 6.